The molecule has 0 aliphatic rings. The van der Waals surface area contributed by atoms with Crippen molar-refractivity contribution in [3.63, 3.8) is 0 Å². The molecule has 0 spiro atoms. The molecule has 0 aromatic carbocycles. The van der Waals surface area contributed by atoms with E-state index in [4.69, 9.17) is 18.5 Å². The van der Waals surface area contributed by atoms with Gasteiger partial charge in [-0.3, -0.25) is 4.57 Å². The van der Waals surface area contributed by atoms with Crippen molar-refractivity contribution in [2.24, 2.45) is 5.92 Å². The first-order chi connectivity index (χ1) is 11.5. The maximum absolute atomic E-state index is 12.7. The molecule has 0 radical (unpaired) electrons. The van der Waals surface area contributed by atoms with Crippen LogP contribution in [0.5, 0.6) is 0 Å². The summed E-state index contributed by atoms with van der Waals surface area (Å²) in [4.78, 5) is 24.3. The second-order valence-corrected chi connectivity index (χ2v) is 8.59. The third kappa shape index (κ3) is 9.82. The van der Waals surface area contributed by atoms with Crippen molar-refractivity contribution in [1.82, 2.24) is 5.32 Å². The predicted octanol–water partition coefficient (Wildman–Crippen LogP) is 3.35. The van der Waals surface area contributed by atoms with Gasteiger partial charge in [0.05, 0.1) is 26.0 Å². The van der Waals surface area contributed by atoms with Crippen LogP contribution in [0.25, 0.3) is 0 Å². The van der Waals surface area contributed by atoms with Crippen molar-refractivity contribution in [3.05, 3.63) is 0 Å². The van der Waals surface area contributed by atoms with E-state index in [-0.39, 0.29) is 26.0 Å². The lowest BCUT2D eigenvalue weighted by atomic mass is 10.0. The summed E-state index contributed by atoms with van der Waals surface area (Å²) in [6.45, 7) is 12.5. The number of nitrogens with one attached hydrogen (secondary N) is 1. The fourth-order valence-corrected chi connectivity index (χ4v) is 4.08. The molecule has 0 unspecified atom stereocenters. The average molecular weight is 381 g/mol. The van der Waals surface area contributed by atoms with Crippen molar-refractivity contribution < 1.29 is 32.7 Å². The minimum atomic E-state index is -3.37. The minimum Gasteiger partial charge on any atom is -0.464 e. The van der Waals surface area contributed by atoms with Gasteiger partial charge in [0.25, 0.3) is 0 Å². The molecule has 0 rings (SSSR count). The summed E-state index contributed by atoms with van der Waals surface area (Å²) in [5.41, 5.74) is -0.710. The molecule has 9 heteroatoms. The van der Waals surface area contributed by atoms with Crippen LogP contribution in [0, 0.1) is 5.92 Å². The molecular formula is C16H32NO7P. The van der Waals surface area contributed by atoms with Crippen LogP contribution in [-0.4, -0.2) is 49.7 Å². The van der Waals surface area contributed by atoms with Crippen molar-refractivity contribution in [3.8, 4) is 0 Å². The first-order valence-electron chi connectivity index (χ1n) is 8.52. The number of esters is 1. The van der Waals surface area contributed by atoms with Crippen molar-refractivity contribution >= 4 is 19.7 Å². The number of carbonyl (C=O) groups excluding carboxylic acids is 2. The summed E-state index contributed by atoms with van der Waals surface area (Å²) < 4.78 is 33.4. The third-order valence-electron chi connectivity index (χ3n) is 2.94. The third-order valence-corrected chi connectivity index (χ3v) is 5.27. The summed E-state index contributed by atoms with van der Waals surface area (Å²) in [5.74, 6) is -1.17. The van der Waals surface area contributed by atoms with Gasteiger partial charge in [0.2, 0.25) is 0 Å². The van der Waals surface area contributed by atoms with E-state index in [1.165, 1.54) is 0 Å². The van der Waals surface area contributed by atoms with E-state index in [1.807, 2.05) is 0 Å². The first-order valence-corrected chi connectivity index (χ1v) is 10.2. The second kappa shape index (κ2) is 10.8. The monoisotopic (exact) mass is 381 g/mol. The number of hydrogen-bond acceptors (Lipinski definition) is 7. The Kier molecular flexibility index (Phi) is 10.3. The average Bonchev–Trinajstić information content (AvgIpc) is 2.43. The summed E-state index contributed by atoms with van der Waals surface area (Å²) in [6, 6.07) is -1.02. The van der Waals surface area contributed by atoms with Gasteiger partial charge in [0, 0.05) is 0 Å². The molecule has 8 nitrogen and oxygen atoms in total. The molecule has 0 aliphatic carbocycles. The lowest BCUT2D eigenvalue weighted by molar-refractivity contribution is -0.146. The van der Waals surface area contributed by atoms with Crippen LogP contribution in [0.15, 0.2) is 0 Å². The highest BCUT2D eigenvalue weighted by molar-refractivity contribution is 7.53. The van der Waals surface area contributed by atoms with E-state index in [1.54, 1.807) is 48.5 Å². The van der Waals surface area contributed by atoms with Crippen LogP contribution >= 0.6 is 7.60 Å². The number of carbonyl (C=O) groups is 2. The fourth-order valence-electron chi connectivity index (χ4n) is 2.09. The zero-order chi connectivity index (χ0) is 19.7. The highest BCUT2D eigenvalue weighted by atomic mass is 31.2. The molecule has 0 heterocycles. The summed E-state index contributed by atoms with van der Waals surface area (Å²) >= 11 is 0. The van der Waals surface area contributed by atoms with Crippen LogP contribution in [0.2, 0.25) is 0 Å². The van der Waals surface area contributed by atoms with Gasteiger partial charge < -0.3 is 23.8 Å². The van der Waals surface area contributed by atoms with E-state index in [9.17, 15) is 14.2 Å². The number of alkyl carbamates (subject to hydrolysis) is 1. The Labute approximate surface area is 150 Å². The Morgan fingerprint density at radius 1 is 1.04 bits per heavy atom. The number of amides is 1. The Balaban J connectivity index is 5.22. The van der Waals surface area contributed by atoms with Gasteiger partial charge in [-0.15, -0.1) is 0 Å². The summed E-state index contributed by atoms with van der Waals surface area (Å²) in [6.07, 6.45) is -0.784. The zero-order valence-corrected chi connectivity index (χ0v) is 17.2. The molecule has 0 saturated carbocycles. The molecule has 0 saturated heterocycles. The fraction of sp³-hybridized carbons (Fsp3) is 0.875. The molecule has 2 atom stereocenters. The van der Waals surface area contributed by atoms with E-state index < -0.39 is 37.2 Å². The van der Waals surface area contributed by atoms with Crippen molar-refractivity contribution in [2.75, 3.05) is 26.0 Å². The van der Waals surface area contributed by atoms with Crippen LogP contribution in [0.1, 0.15) is 48.5 Å². The van der Waals surface area contributed by atoms with Crippen molar-refractivity contribution in [2.45, 2.75) is 60.1 Å². The predicted molar refractivity (Wildman–Crippen MR) is 94.7 cm³/mol. The Morgan fingerprint density at radius 2 is 1.56 bits per heavy atom. The normalized spacial score (nSPS) is 14.5. The second-order valence-electron chi connectivity index (χ2n) is 6.48. The van der Waals surface area contributed by atoms with Crippen LogP contribution in [0.3, 0.4) is 0 Å². The number of rotatable bonds is 10. The van der Waals surface area contributed by atoms with E-state index in [0.717, 1.165) is 0 Å². The first kappa shape index (κ1) is 23.9. The topological polar surface area (TPSA) is 100 Å². The largest absolute Gasteiger partial charge is 0.464 e. The molecule has 1 amide bonds. The van der Waals surface area contributed by atoms with Crippen LogP contribution in [-0.2, 0) is 27.9 Å². The summed E-state index contributed by atoms with van der Waals surface area (Å²) in [7, 11) is -3.37. The molecule has 0 aromatic rings. The standard InChI is InChI=1S/C16H32NO7P/c1-8-21-14(18)13(17-15(19)24-16(5,6)7)12(4)11-25(20,22-9-2)23-10-3/h12-13H,8-11H2,1-7H3,(H,17,19)/t12-,13+/m0/s1. The Morgan fingerprint density at radius 3 is 1.96 bits per heavy atom. The van der Waals surface area contributed by atoms with Gasteiger partial charge in [-0.25, -0.2) is 9.59 Å². The quantitative estimate of drug-likeness (QED) is 0.457. The molecular weight excluding hydrogens is 349 g/mol. The number of hydrogen-bond donors (Lipinski definition) is 1. The van der Waals surface area contributed by atoms with Crippen LogP contribution < -0.4 is 5.32 Å². The zero-order valence-electron chi connectivity index (χ0n) is 16.3. The Bertz CT molecular complexity index is 466. The highest BCUT2D eigenvalue weighted by Gasteiger charge is 2.36. The van der Waals surface area contributed by atoms with Gasteiger partial charge >= 0.3 is 19.7 Å². The highest BCUT2D eigenvalue weighted by Crippen LogP contribution is 2.50. The van der Waals surface area contributed by atoms with E-state index in [0.29, 0.717) is 0 Å². The van der Waals surface area contributed by atoms with E-state index >= 15 is 0 Å². The summed E-state index contributed by atoms with van der Waals surface area (Å²) in [5, 5.41) is 2.50. The molecule has 1 N–H and O–H groups in total. The lowest BCUT2D eigenvalue weighted by Gasteiger charge is -2.28. The SMILES string of the molecule is CCOC(=O)[C@H](NC(=O)OC(C)(C)C)[C@@H](C)CP(=O)(OCC)OCC. The maximum Gasteiger partial charge on any atom is 0.408 e. The molecule has 25 heavy (non-hydrogen) atoms. The molecule has 0 aliphatic heterocycles. The van der Waals surface area contributed by atoms with Gasteiger partial charge in [0.1, 0.15) is 11.6 Å². The maximum atomic E-state index is 12.7. The minimum absolute atomic E-state index is 0.0338. The van der Waals surface area contributed by atoms with Gasteiger partial charge in [-0.05, 0) is 47.5 Å². The smallest absolute Gasteiger partial charge is 0.408 e. The van der Waals surface area contributed by atoms with Crippen LogP contribution in [0.4, 0.5) is 4.79 Å². The molecule has 0 aromatic heterocycles. The Hall–Kier alpha value is -1.11. The number of ether oxygens (including phenoxy) is 2. The van der Waals surface area contributed by atoms with Crippen molar-refractivity contribution in [1.29, 1.82) is 0 Å². The molecule has 148 valence electrons. The lowest BCUT2D eigenvalue weighted by Crippen LogP contribution is -2.48. The van der Waals surface area contributed by atoms with Gasteiger partial charge in [0.15, 0.2) is 0 Å². The van der Waals surface area contributed by atoms with Gasteiger partial charge in [-0.1, -0.05) is 6.92 Å². The molecule has 0 fully saturated rings. The molecule has 0 bridgehead atoms. The van der Waals surface area contributed by atoms with E-state index in [2.05, 4.69) is 5.32 Å². The van der Waals surface area contributed by atoms with Gasteiger partial charge in [-0.2, -0.15) is 0 Å².